The summed E-state index contributed by atoms with van der Waals surface area (Å²) in [5, 5.41) is 6.29. The monoisotopic (exact) mass is 285 g/mol. The molecular formula is C14H27N3O3. The number of hydrogen-bond donors (Lipinski definition) is 2. The van der Waals surface area contributed by atoms with Gasteiger partial charge in [-0.05, 0) is 25.2 Å². The molecule has 1 saturated carbocycles. The number of nitrogens with zero attached hydrogens (tertiary/aromatic N) is 1. The fourth-order valence-electron chi connectivity index (χ4n) is 1.67. The number of ether oxygens (including phenoxy) is 2. The fourth-order valence-corrected chi connectivity index (χ4v) is 1.67. The number of aliphatic imine (C=N–C) groups is 1. The first-order valence-electron chi connectivity index (χ1n) is 7.27. The zero-order chi connectivity index (χ0) is 14.8. The molecule has 0 aromatic heterocycles. The molecule has 1 rings (SSSR count). The molecule has 1 aliphatic carbocycles. The summed E-state index contributed by atoms with van der Waals surface area (Å²) >= 11 is 0. The molecule has 116 valence electrons. The first kappa shape index (κ1) is 16.8. The van der Waals surface area contributed by atoms with Crippen molar-refractivity contribution in [2.24, 2.45) is 16.8 Å². The van der Waals surface area contributed by atoms with E-state index in [-0.39, 0.29) is 11.9 Å². The molecule has 6 heteroatoms. The summed E-state index contributed by atoms with van der Waals surface area (Å²) in [7, 11) is 3.11. The molecule has 20 heavy (non-hydrogen) atoms. The minimum absolute atomic E-state index is 0.194. The van der Waals surface area contributed by atoms with E-state index in [2.05, 4.69) is 20.4 Å². The van der Waals surface area contributed by atoms with Crippen LogP contribution in [0.2, 0.25) is 0 Å². The van der Waals surface area contributed by atoms with Crippen molar-refractivity contribution >= 4 is 11.9 Å². The minimum Gasteiger partial charge on any atom is -0.469 e. The van der Waals surface area contributed by atoms with Gasteiger partial charge in [0, 0.05) is 33.4 Å². The molecule has 0 aliphatic heterocycles. The van der Waals surface area contributed by atoms with Crippen LogP contribution in [0, 0.1) is 11.8 Å². The molecule has 0 aromatic rings. The Morgan fingerprint density at radius 2 is 2.15 bits per heavy atom. The second-order valence-electron chi connectivity index (χ2n) is 5.18. The maximum absolute atomic E-state index is 11.3. The van der Waals surface area contributed by atoms with Gasteiger partial charge in [-0.1, -0.05) is 6.92 Å². The van der Waals surface area contributed by atoms with Crippen molar-refractivity contribution in [2.75, 3.05) is 40.5 Å². The first-order valence-corrected chi connectivity index (χ1v) is 7.27. The third-order valence-electron chi connectivity index (χ3n) is 3.21. The van der Waals surface area contributed by atoms with Crippen molar-refractivity contribution in [1.29, 1.82) is 0 Å². The molecule has 6 nitrogen and oxygen atoms in total. The highest BCUT2D eigenvalue weighted by Crippen LogP contribution is 2.28. The highest BCUT2D eigenvalue weighted by Gasteiger charge is 2.20. The van der Waals surface area contributed by atoms with Crippen molar-refractivity contribution < 1.29 is 14.3 Å². The van der Waals surface area contributed by atoms with Crippen molar-refractivity contribution in [3.05, 3.63) is 0 Å². The van der Waals surface area contributed by atoms with Gasteiger partial charge in [0.25, 0.3) is 0 Å². The quantitative estimate of drug-likeness (QED) is 0.283. The fraction of sp³-hybridized carbons (Fsp3) is 0.857. The Balaban J connectivity index is 2.02. The van der Waals surface area contributed by atoms with Crippen LogP contribution >= 0.6 is 0 Å². The van der Waals surface area contributed by atoms with Crippen LogP contribution in [0.3, 0.4) is 0 Å². The number of carbonyl (C=O) groups excluding carboxylic acids is 1. The van der Waals surface area contributed by atoms with E-state index >= 15 is 0 Å². The number of guanidine groups is 1. The lowest BCUT2D eigenvalue weighted by Crippen LogP contribution is -2.41. The molecule has 1 aliphatic rings. The van der Waals surface area contributed by atoms with E-state index in [1.54, 1.807) is 7.05 Å². The predicted octanol–water partition coefficient (Wildman–Crippen LogP) is 0.777. The third-order valence-corrected chi connectivity index (χ3v) is 3.21. The van der Waals surface area contributed by atoms with E-state index in [1.165, 1.54) is 20.0 Å². The van der Waals surface area contributed by atoms with Gasteiger partial charge in [-0.25, -0.2) is 0 Å². The molecule has 1 unspecified atom stereocenters. The molecule has 0 amide bonds. The Hall–Kier alpha value is -1.30. The highest BCUT2D eigenvalue weighted by atomic mass is 16.5. The van der Waals surface area contributed by atoms with Crippen molar-refractivity contribution in [3.8, 4) is 0 Å². The summed E-state index contributed by atoms with van der Waals surface area (Å²) in [6.07, 6.45) is 3.60. The normalized spacial score (nSPS) is 16.6. The van der Waals surface area contributed by atoms with Crippen LogP contribution in [0.25, 0.3) is 0 Å². The second kappa shape index (κ2) is 9.58. The third kappa shape index (κ3) is 7.33. The van der Waals surface area contributed by atoms with Gasteiger partial charge < -0.3 is 20.1 Å². The maximum atomic E-state index is 11.3. The SMILES string of the molecule is CN=C(NCCCOCC1CC1)NCC(C)C(=O)OC. The molecular weight excluding hydrogens is 258 g/mol. The molecule has 0 spiro atoms. The summed E-state index contributed by atoms with van der Waals surface area (Å²) in [4.78, 5) is 15.4. The predicted molar refractivity (Wildman–Crippen MR) is 78.7 cm³/mol. The Labute approximate surface area is 121 Å². The Kier molecular flexibility index (Phi) is 8.02. The molecule has 1 atom stereocenters. The topological polar surface area (TPSA) is 72.0 Å². The van der Waals surface area contributed by atoms with E-state index in [0.29, 0.717) is 12.5 Å². The van der Waals surface area contributed by atoms with Gasteiger partial charge in [0.15, 0.2) is 5.96 Å². The second-order valence-corrected chi connectivity index (χ2v) is 5.18. The zero-order valence-corrected chi connectivity index (χ0v) is 12.8. The minimum atomic E-state index is -0.221. The van der Waals surface area contributed by atoms with Gasteiger partial charge in [-0.15, -0.1) is 0 Å². The van der Waals surface area contributed by atoms with E-state index in [1.807, 2.05) is 6.92 Å². The average Bonchev–Trinajstić information content (AvgIpc) is 3.28. The number of carbonyl (C=O) groups is 1. The van der Waals surface area contributed by atoms with Crippen LogP contribution in [0.15, 0.2) is 4.99 Å². The van der Waals surface area contributed by atoms with Crippen LogP contribution in [0.4, 0.5) is 0 Å². The van der Waals surface area contributed by atoms with Crippen LogP contribution < -0.4 is 10.6 Å². The van der Waals surface area contributed by atoms with Crippen molar-refractivity contribution in [1.82, 2.24) is 10.6 Å². The van der Waals surface area contributed by atoms with Gasteiger partial charge in [-0.2, -0.15) is 0 Å². The summed E-state index contributed by atoms with van der Waals surface area (Å²) in [5.74, 6) is 1.10. The van der Waals surface area contributed by atoms with Crippen LogP contribution in [-0.4, -0.2) is 52.4 Å². The number of hydrogen-bond acceptors (Lipinski definition) is 4. The van der Waals surface area contributed by atoms with Gasteiger partial charge in [0.2, 0.25) is 0 Å². The first-order chi connectivity index (χ1) is 9.67. The van der Waals surface area contributed by atoms with Crippen molar-refractivity contribution in [3.63, 3.8) is 0 Å². The number of rotatable bonds is 9. The Morgan fingerprint density at radius 1 is 1.40 bits per heavy atom. The number of methoxy groups -OCH3 is 1. The summed E-state index contributed by atoms with van der Waals surface area (Å²) in [6.45, 7) is 4.81. The summed E-state index contributed by atoms with van der Waals surface area (Å²) < 4.78 is 10.2. The summed E-state index contributed by atoms with van der Waals surface area (Å²) in [6, 6.07) is 0. The summed E-state index contributed by atoms with van der Waals surface area (Å²) in [5.41, 5.74) is 0. The van der Waals surface area contributed by atoms with E-state index < -0.39 is 0 Å². The van der Waals surface area contributed by atoms with Gasteiger partial charge in [0.05, 0.1) is 13.0 Å². The van der Waals surface area contributed by atoms with Crippen LogP contribution in [0.5, 0.6) is 0 Å². The van der Waals surface area contributed by atoms with Gasteiger partial charge >= 0.3 is 5.97 Å². The lowest BCUT2D eigenvalue weighted by molar-refractivity contribution is -0.144. The molecule has 0 bridgehead atoms. The lowest BCUT2D eigenvalue weighted by Gasteiger charge is -2.14. The molecule has 0 heterocycles. The zero-order valence-electron chi connectivity index (χ0n) is 12.8. The average molecular weight is 285 g/mol. The van der Waals surface area contributed by atoms with Crippen LogP contribution in [-0.2, 0) is 14.3 Å². The number of esters is 1. The molecule has 0 saturated heterocycles. The van der Waals surface area contributed by atoms with Crippen LogP contribution in [0.1, 0.15) is 26.2 Å². The van der Waals surface area contributed by atoms with E-state index in [0.717, 1.165) is 32.1 Å². The molecule has 0 aromatic carbocycles. The molecule has 0 radical (unpaired) electrons. The largest absolute Gasteiger partial charge is 0.469 e. The standard InChI is InChI=1S/C14H27N3O3/c1-11(13(18)19-3)9-17-14(15-2)16-7-4-8-20-10-12-5-6-12/h11-12H,4-10H2,1-3H3,(H2,15,16,17). The Bertz CT molecular complexity index is 317. The lowest BCUT2D eigenvalue weighted by atomic mass is 10.2. The molecule has 2 N–H and O–H groups in total. The molecule has 1 fully saturated rings. The van der Waals surface area contributed by atoms with Gasteiger partial charge in [0.1, 0.15) is 0 Å². The number of nitrogens with one attached hydrogen (secondary N) is 2. The smallest absolute Gasteiger partial charge is 0.310 e. The van der Waals surface area contributed by atoms with E-state index in [9.17, 15) is 4.79 Å². The van der Waals surface area contributed by atoms with Crippen molar-refractivity contribution in [2.45, 2.75) is 26.2 Å². The van der Waals surface area contributed by atoms with Gasteiger partial charge in [-0.3, -0.25) is 9.79 Å². The van der Waals surface area contributed by atoms with E-state index in [4.69, 9.17) is 4.74 Å². The highest BCUT2D eigenvalue weighted by molar-refractivity contribution is 5.80. The Morgan fingerprint density at radius 3 is 2.75 bits per heavy atom. The maximum Gasteiger partial charge on any atom is 0.310 e.